The molecule has 0 aliphatic carbocycles. The van der Waals surface area contributed by atoms with Crippen molar-refractivity contribution in [3.05, 3.63) is 95.6 Å². The second-order valence-electron chi connectivity index (χ2n) is 11.4. The number of β-amino-alcohol motifs (C(OH)–C–C–N with tert-alkyl or cyclic N) is 1. The van der Waals surface area contributed by atoms with Gasteiger partial charge in [0, 0.05) is 38.6 Å². The summed E-state index contributed by atoms with van der Waals surface area (Å²) in [5.41, 5.74) is 4.06. The molecule has 0 unspecified atom stereocenters. The molecule has 11 heteroatoms. The van der Waals surface area contributed by atoms with Crippen LogP contribution in [-0.2, 0) is 34.0 Å². The third-order valence-electron chi connectivity index (χ3n) is 7.09. The van der Waals surface area contributed by atoms with E-state index < -0.39 is 17.7 Å². The molecule has 0 saturated heterocycles. The van der Waals surface area contributed by atoms with Crippen molar-refractivity contribution < 1.29 is 29.3 Å². The van der Waals surface area contributed by atoms with Crippen molar-refractivity contribution in [3.8, 4) is 11.1 Å². The van der Waals surface area contributed by atoms with Crippen LogP contribution in [-0.4, -0.2) is 72.5 Å². The predicted molar refractivity (Wildman–Crippen MR) is 173 cm³/mol. The van der Waals surface area contributed by atoms with E-state index in [4.69, 9.17) is 9.84 Å². The van der Waals surface area contributed by atoms with E-state index >= 15 is 0 Å². The number of ether oxygens (including phenoxy) is 1. The number of urea groups is 1. The standard InChI is InChI=1S/C34H45N5O6/c1-34(2,38-20-28(41)21-40)17-31(42)39-30(23-45-22-25-9-5-4-6-10-25)32(43)36-18-24-13-15-26(16-14-24)29-12-8-7-11-27(29)19-37-33(44)35-3/h4-16,28,30,38,40-41H,17-23H2,1-3H3,(H,36,43)(H,39,42)(H2,35,37,44)/t28-,30+/m0/s1. The van der Waals surface area contributed by atoms with E-state index in [1.165, 1.54) is 0 Å². The molecule has 0 aliphatic heterocycles. The SMILES string of the molecule is CNC(=O)NCc1ccccc1-c1ccc(CNC(=O)[C@@H](COCc2ccccc2)NC(=O)CC(C)(C)NC[C@H](O)CO)cc1. The maximum Gasteiger partial charge on any atom is 0.314 e. The molecular weight excluding hydrogens is 574 g/mol. The van der Waals surface area contributed by atoms with E-state index in [0.29, 0.717) is 6.54 Å². The molecule has 0 spiro atoms. The van der Waals surface area contributed by atoms with Crippen LogP contribution >= 0.6 is 0 Å². The average molecular weight is 620 g/mol. The van der Waals surface area contributed by atoms with Gasteiger partial charge in [-0.25, -0.2) is 4.79 Å². The number of aliphatic hydroxyl groups is 2. The maximum absolute atomic E-state index is 13.3. The lowest BCUT2D eigenvalue weighted by Crippen LogP contribution is -2.52. The Morgan fingerprint density at radius 3 is 2.24 bits per heavy atom. The first-order valence-corrected chi connectivity index (χ1v) is 15.0. The second kappa shape index (κ2) is 17.9. The Morgan fingerprint density at radius 1 is 0.867 bits per heavy atom. The number of benzene rings is 3. The number of amides is 4. The normalized spacial score (nSPS) is 12.6. The fourth-order valence-corrected chi connectivity index (χ4v) is 4.55. The van der Waals surface area contributed by atoms with E-state index in [2.05, 4.69) is 26.6 Å². The summed E-state index contributed by atoms with van der Waals surface area (Å²) >= 11 is 0. The van der Waals surface area contributed by atoms with E-state index in [0.717, 1.165) is 27.8 Å². The minimum atomic E-state index is -0.938. The topological polar surface area (TPSA) is 161 Å². The molecule has 0 saturated carbocycles. The first-order chi connectivity index (χ1) is 21.6. The van der Waals surface area contributed by atoms with Crippen LogP contribution in [0.1, 0.15) is 37.0 Å². The molecule has 3 aromatic carbocycles. The van der Waals surface area contributed by atoms with Crippen LogP contribution < -0.4 is 26.6 Å². The van der Waals surface area contributed by atoms with Crippen molar-refractivity contribution in [2.45, 2.75) is 57.6 Å². The Balaban J connectivity index is 1.62. The Kier molecular flexibility index (Phi) is 14.0. The molecule has 0 aliphatic rings. The van der Waals surface area contributed by atoms with Gasteiger partial charge in [-0.3, -0.25) is 9.59 Å². The molecule has 2 atom stereocenters. The Morgan fingerprint density at radius 2 is 1.56 bits per heavy atom. The highest BCUT2D eigenvalue weighted by Crippen LogP contribution is 2.24. The average Bonchev–Trinajstić information content (AvgIpc) is 3.05. The second-order valence-corrected chi connectivity index (χ2v) is 11.4. The molecule has 11 nitrogen and oxygen atoms in total. The number of hydrogen-bond acceptors (Lipinski definition) is 7. The molecular formula is C34H45N5O6. The monoisotopic (exact) mass is 619 g/mol. The van der Waals surface area contributed by atoms with Crippen molar-refractivity contribution in [1.82, 2.24) is 26.6 Å². The Bertz CT molecular complexity index is 1370. The fourth-order valence-electron chi connectivity index (χ4n) is 4.55. The summed E-state index contributed by atoms with van der Waals surface area (Å²) in [7, 11) is 1.57. The molecule has 242 valence electrons. The Labute approximate surface area is 264 Å². The number of hydrogen-bond donors (Lipinski definition) is 7. The largest absolute Gasteiger partial charge is 0.394 e. The zero-order valence-electron chi connectivity index (χ0n) is 26.1. The van der Waals surface area contributed by atoms with Gasteiger partial charge in [0.2, 0.25) is 11.8 Å². The third kappa shape index (κ3) is 12.3. The van der Waals surface area contributed by atoms with Crippen molar-refractivity contribution in [3.63, 3.8) is 0 Å². The van der Waals surface area contributed by atoms with Gasteiger partial charge in [-0.1, -0.05) is 78.9 Å². The molecule has 3 rings (SSSR count). The van der Waals surface area contributed by atoms with Crippen LogP contribution in [0, 0.1) is 0 Å². The first kappa shape index (κ1) is 35.2. The molecule has 7 N–H and O–H groups in total. The van der Waals surface area contributed by atoms with E-state index in [9.17, 15) is 19.5 Å². The summed E-state index contributed by atoms with van der Waals surface area (Å²) in [6, 6.07) is 24.0. The van der Waals surface area contributed by atoms with E-state index in [1.807, 2.05) is 78.9 Å². The minimum absolute atomic E-state index is 0.0244. The van der Waals surface area contributed by atoms with Gasteiger partial charge in [0.05, 0.1) is 25.9 Å². The van der Waals surface area contributed by atoms with Crippen LogP contribution in [0.4, 0.5) is 4.79 Å². The molecule has 0 bridgehead atoms. The smallest absolute Gasteiger partial charge is 0.314 e. The summed E-state index contributed by atoms with van der Waals surface area (Å²) < 4.78 is 5.82. The number of carbonyl (C=O) groups excluding carboxylic acids is 3. The zero-order chi connectivity index (χ0) is 32.7. The summed E-state index contributed by atoms with van der Waals surface area (Å²) in [5, 5.41) is 32.9. The van der Waals surface area contributed by atoms with Gasteiger partial charge in [0.25, 0.3) is 0 Å². The van der Waals surface area contributed by atoms with E-state index in [-0.39, 0.29) is 57.2 Å². The lowest BCUT2D eigenvalue weighted by atomic mass is 9.98. The van der Waals surface area contributed by atoms with Crippen molar-refractivity contribution in [1.29, 1.82) is 0 Å². The molecule has 45 heavy (non-hydrogen) atoms. The third-order valence-corrected chi connectivity index (χ3v) is 7.09. The van der Waals surface area contributed by atoms with Gasteiger partial charge < -0.3 is 41.5 Å². The molecule has 0 aromatic heterocycles. The highest BCUT2D eigenvalue weighted by molar-refractivity contribution is 5.88. The maximum atomic E-state index is 13.3. The summed E-state index contributed by atoms with van der Waals surface area (Å²) in [5.74, 6) is -0.740. The van der Waals surface area contributed by atoms with Gasteiger partial charge in [0.15, 0.2) is 0 Å². The highest BCUT2D eigenvalue weighted by Gasteiger charge is 2.26. The van der Waals surface area contributed by atoms with Gasteiger partial charge in [-0.15, -0.1) is 0 Å². The lowest BCUT2D eigenvalue weighted by Gasteiger charge is -2.28. The Hall–Kier alpha value is -4.29. The summed E-state index contributed by atoms with van der Waals surface area (Å²) in [6.45, 7) is 4.23. The number of rotatable bonds is 17. The molecule has 0 fully saturated rings. The molecule has 0 heterocycles. The van der Waals surface area contributed by atoms with E-state index in [1.54, 1.807) is 20.9 Å². The van der Waals surface area contributed by atoms with Crippen molar-refractivity contribution >= 4 is 17.8 Å². The van der Waals surface area contributed by atoms with Gasteiger partial charge in [-0.2, -0.15) is 0 Å². The number of carbonyl (C=O) groups is 3. The zero-order valence-corrected chi connectivity index (χ0v) is 26.1. The van der Waals surface area contributed by atoms with Crippen LogP contribution in [0.5, 0.6) is 0 Å². The summed E-state index contributed by atoms with van der Waals surface area (Å²) in [4.78, 5) is 37.9. The molecule has 4 amide bonds. The van der Waals surface area contributed by atoms with Crippen LogP contribution in [0.15, 0.2) is 78.9 Å². The summed E-state index contributed by atoms with van der Waals surface area (Å²) in [6.07, 6.45) is -0.901. The van der Waals surface area contributed by atoms with Crippen LogP contribution in [0.25, 0.3) is 11.1 Å². The molecule has 0 radical (unpaired) electrons. The fraction of sp³-hybridized carbons (Fsp3) is 0.382. The van der Waals surface area contributed by atoms with Crippen LogP contribution in [0.3, 0.4) is 0 Å². The van der Waals surface area contributed by atoms with Crippen molar-refractivity contribution in [2.75, 3.05) is 26.8 Å². The van der Waals surface area contributed by atoms with Crippen molar-refractivity contribution in [2.24, 2.45) is 0 Å². The number of nitrogens with one attached hydrogen (secondary N) is 5. The lowest BCUT2D eigenvalue weighted by molar-refractivity contribution is -0.131. The highest BCUT2D eigenvalue weighted by atomic mass is 16.5. The van der Waals surface area contributed by atoms with Crippen LogP contribution in [0.2, 0.25) is 0 Å². The first-order valence-electron chi connectivity index (χ1n) is 15.0. The molecule has 3 aromatic rings. The van der Waals surface area contributed by atoms with Gasteiger partial charge in [0.1, 0.15) is 6.04 Å². The number of aliphatic hydroxyl groups excluding tert-OH is 2. The predicted octanol–water partition coefficient (Wildman–Crippen LogP) is 2.21. The van der Waals surface area contributed by atoms with Gasteiger partial charge >= 0.3 is 6.03 Å². The minimum Gasteiger partial charge on any atom is -0.394 e. The quantitative estimate of drug-likeness (QED) is 0.122. The van der Waals surface area contributed by atoms with Gasteiger partial charge in [-0.05, 0) is 41.7 Å².